The van der Waals surface area contributed by atoms with E-state index in [0.29, 0.717) is 12.2 Å². The molecule has 0 aliphatic rings. The molecule has 1 amide bonds. The van der Waals surface area contributed by atoms with Gasteiger partial charge in [0.15, 0.2) is 12.4 Å². The van der Waals surface area contributed by atoms with Gasteiger partial charge < -0.3 is 10.1 Å². The van der Waals surface area contributed by atoms with Gasteiger partial charge >= 0.3 is 0 Å². The number of nitrogens with zero attached hydrogens (tertiary/aromatic N) is 4. The molecule has 33 heavy (non-hydrogen) atoms. The van der Waals surface area contributed by atoms with Crippen LogP contribution in [0.2, 0.25) is 0 Å². The quantitative estimate of drug-likeness (QED) is 0.438. The molecule has 0 saturated heterocycles. The minimum absolute atomic E-state index is 0.226. The molecule has 0 fully saturated rings. The fraction of sp³-hybridized carbons (Fsp3) is 0.269. The van der Waals surface area contributed by atoms with Gasteiger partial charge in [0.25, 0.3) is 5.91 Å². The first kappa shape index (κ1) is 22.3. The maximum Gasteiger partial charge on any atom is 0.276 e. The molecule has 7 nitrogen and oxygen atoms in total. The van der Waals surface area contributed by atoms with Crippen LogP contribution in [0.1, 0.15) is 44.1 Å². The SMILES string of the molecule is Cc1ccc(C)c(OCn2ccc(C(=O)Nc3c(C)nn(Cc4ccccc4C)c3C)n2)c1. The van der Waals surface area contributed by atoms with Crippen LogP contribution < -0.4 is 10.1 Å². The van der Waals surface area contributed by atoms with E-state index >= 15 is 0 Å². The predicted octanol–water partition coefficient (Wildman–Crippen LogP) is 4.96. The van der Waals surface area contributed by atoms with E-state index in [2.05, 4.69) is 34.6 Å². The van der Waals surface area contributed by atoms with Crippen molar-refractivity contribution in [3.8, 4) is 5.75 Å². The van der Waals surface area contributed by atoms with Crippen LogP contribution in [0.3, 0.4) is 0 Å². The van der Waals surface area contributed by atoms with Crippen molar-refractivity contribution in [1.82, 2.24) is 19.6 Å². The average Bonchev–Trinajstić information content (AvgIpc) is 3.36. The first-order valence-corrected chi connectivity index (χ1v) is 10.9. The van der Waals surface area contributed by atoms with Crippen LogP contribution in [-0.4, -0.2) is 25.5 Å². The molecule has 4 rings (SSSR count). The standard InChI is InChI=1S/C26H29N5O2/c1-17-10-11-19(3)24(14-17)33-16-30-13-12-23(29-30)26(32)27-25-20(4)28-31(21(25)5)15-22-9-7-6-8-18(22)2/h6-14H,15-16H2,1-5H3,(H,27,32). The predicted molar refractivity (Wildman–Crippen MR) is 129 cm³/mol. The van der Waals surface area contributed by atoms with Crippen molar-refractivity contribution >= 4 is 11.6 Å². The van der Waals surface area contributed by atoms with Gasteiger partial charge in [0, 0.05) is 6.20 Å². The number of ether oxygens (including phenoxy) is 1. The number of rotatable bonds is 7. The Bertz CT molecular complexity index is 1300. The van der Waals surface area contributed by atoms with Gasteiger partial charge in [-0.05, 0) is 69.0 Å². The molecule has 0 saturated carbocycles. The molecule has 2 aromatic carbocycles. The highest BCUT2D eigenvalue weighted by Crippen LogP contribution is 2.22. The topological polar surface area (TPSA) is 74.0 Å². The zero-order valence-electron chi connectivity index (χ0n) is 19.7. The van der Waals surface area contributed by atoms with Gasteiger partial charge in [0.2, 0.25) is 0 Å². The lowest BCUT2D eigenvalue weighted by Gasteiger charge is -2.10. The van der Waals surface area contributed by atoms with Crippen LogP contribution in [0.5, 0.6) is 5.75 Å². The van der Waals surface area contributed by atoms with E-state index in [1.165, 1.54) is 11.1 Å². The maximum absolute atomic E-state index is 12.9. The van der Waals surface area contributed by atoms with Gasteiger partial charge in [-0.1, -0.05) is 36.4 Å². The molecular weight excluding hydrogens is 414 g/mol. The van der Waals surface area contributed by atoms with Crippen molar-refractivity contribution in [1.29, 1.82) is 0 Å². The summed E-state index contributed by atoms with van der Waals surface area (Å²) in [5.74, 6) is 0.533. The van der Waals surface area contributed by atoms with Gasteiger partial charge in [-0.25, -0.2) is 4.68 Å². The van der Waals surface area contributed by atoms with Crippen LogP contribution in [0, 0.1) is 34.6 Å². The van der Waals surface area contributed by atoms with Crippen molar-refractivity contribution in [2.45, 2.75) is 47.9 Å². The number of carbonyl (C=O) groups is 1. The second kappa shape index (κ2) is 9.32. The Morgan fingerprint density at radius 2 is 1.76 bits per heavy atom. The second-order valence-corrected chi connectivity index (χ2v) is 8.37. The number of nitrogens with one attached hydrogen (secondary N) is 1. The number of hydrogen-bond donors (Lipinski definition) is 1. The summed E-state index contributed by atoms with van der Waals surface area (Å²) < 4.78 is 9.41. The van der Waals surface area contributed by atoms with Crippen molar-refractivity contribution in [3.63, 3.8) is 0 Å². The summed E-state index contributed by atoms with van der Waals surface area (Å²) in [4.78, 5) is 12.9. The smallest absolute Gasteiger partial charge is 0.276 e. The lowest BCUT2D eigenvalue weighted by atomic mass is 10.1. The molecular formula is C26H29N5O2. The van der Waals surface area contributed by atoms with Crippen molar-refractivity contribution in [3.05, 3.63) is 94.1 Å². The average molecular weight is 444 g/mol. The largest absolute Gasteiger partial charge is 0.471 e. The number of amides is 1. The summed E-state index contributed by atoms with van der Waals surface area (Å²) in [6, 6.07) is 16.0. The molecule has 1 N–H and O–H groups in total. The molecule has 0 aliphatic carbocycles. The first-order valence-electron chi connectivity index (χ1n) is 10.9. The minimum Gasteiger partial charge on any atom is -0.471 e. The Labute approximate surface area is 194 Å². The van der Waals surface area contributed by atoms with Crippen molar-refractivity contribution < 1.29 is 9.53 Å². The molecule has 0 spiro atoms. The van der Waals surface area contributed by atoms with E-state index in [-0.39, 0.29) is 12.6 Å². The maximum atomic E-state index is 12.9. The second-order valence-electron chi connectivity index (χ2n) is 8.37. The van der Waals surface area contributed by atoms with E-state index in [9.17, 15) is 4.79 Å². The third-order valence-electron chi connectivity index (χ3n) is 5.77. The van der Waals surface area contributed by atoms with E-state index in [4.69, 9.17) is 4.74 Å². The molecule has 0 aliphatic heterocycles. The molecule has 0 unspecified atom stereocenters. The van der Waals surface area contributed by atoms with Crippen LogP contribution in [0.4, 0.5) is 5.69 Å². The van der Waals surface area contributed by atoms with Gasteiger partial charge in [0.05, 0.1) is 23.6 Å². The fourth-order valence-corrected chi connectivity index (χ4v) is 3.71. The van der Waals surface area contributed by atoms with Crippen LogP contribution in [0.25, 0.3) is 0 Å². The third-order valence-corrected chi connectivity index (χ3v) is 5.77. The number of hydrogen-bond acceptors (Lipinski definition) is 4. The Morgan fingerprint density at radius 3 is 2.55 bits per heavy atom. The van der Waals surface area contributed by atoms with Crippen molar-refractivity contribution in [2.24, 2.45) is 0 Å². The molecule has 2 aromatic heterocycles. The lowest BCUT2D eigenvalue weighted by Crippen LogP contribution is -2.15. The number of benzene rings is 2. The van der Waals surface area contributed by atoms with Gasteiger partial charge in [0.1, 0.15) is 5.75 Å². The summed E-state index contributed by atoms with van der Waals surface area (Å²) in [6.07, 6.45) is 1.74. The molecule has 7 heteroatoms. The monoisotopic (exact) mass is 443 g/mol. The highest BCUT2D eigenvalue weighted by molar-refractivity contribution is 6.03. The molecule has 0 atom stereocenters. The zero-order valence-corrected chi connectivity index (χ0v) is 19.7. The van der Waals surface area contributed by atoms with E-state index < -0.39 is 0 Å². The highest BCUT2D eigenvalue weighted by atomic mass is 16.5. The van der Waals surface area contributed by atoms with Crippen LogP contribution >= 0.6 is 0 Å². The van der Waals surface area contributed by atoms with Gasteiger partial charge in [-0.2, -0.15) is 10.2 Å². The Hall–Kier alpha value is -3.87. The van der Waals surface area contributed by atoms with Crippen LogP contribution in [0.15, 0.2) is 54.7 Å². The highest BCUT2D eigenvalue weighted by Gasteiger charge is 2.17. The number of aromatic nitrogens is 4. The number of anilines is 1. The van der Waals surface area contributed by atoms with Crippen molar-refractivity contribution in [2.75, 3.05) is 5.32 Å². The summed E-state index contributed by atoms with van der Waals surface area (Å²) in [5.41, 5.74) is 7.31. The molecule has 2 heterocycles. The first-order chi connectivity index (χ1) is 15.8. The molecule has 4 aromatic rings. The van der Waals surface area contributed by atoms with E-state index in [1.807, 2.05) is 62.7 Å². The zero-order chi connectivity index (χ0) is 23.5. The fourth-order valence-electron chi connectivity index (χ4n) is 3.71. The lowest BCUT2D eigenvalue weighted by molar-refractivity contribution is 0.102. The summed E-state index contributed by atoms with van der Waals surface area (Å²) in [6.45, 7) is 10.8. The Kier molecular flexibility index (Phi) is 6.31. The summed E-state index contributed by atoms with van der Waals surface area (Å²) in [5, 5.41) is 12.0. The molecule has 0 radical (unpaired) electrons. The summed E-state index contributed by atoms with van der Waals surface area (Å²) >= 11 is 0. The third kappa shape index (κ3) is 4.98. The van der Waals surface area contributed by atoms with Gasteiger partial charge in [-0.3, -0.25) is 9.48 Å². The molecule has 170 valence electrons. The van der Waals surface area contributed by atoms with Crippen LogP contribution in [-0.2, 0) is 13.3 Å². The normalized spacial score (nSPS) is 10.9. The molecule has 0 bridgehead atoms. The van der Waals surface area contributed by atoms with E-state index in [1.54, 1.807) is 16.9 Å². The Morgan fingerprint density at radius 1 is 0.970 bits per heavy atom. The minimum atomic E-state index is -0.276. The Balaban J connectivity index is 1.44. The van der Waals surface area contributed by atoms with Gasteiger partial charge in [-0.15, -0.1) is 0 Å². The number of aryl methyl sites for hydroxylation is 4. The number of carbonyl (C=O) groups excluding carboxylic acids is 1. The summed E-state index contributed by atoms with van der Waals surface area (Å²) in [7, 11) is 0. The van der Waals surface area contributed by atoms with E-state index in [0.717, 1.165) is 34.0 Å².